The fourth-order valence-electron chi connectivity index (χ4n) is 1.35. The fourth-order valence-corrected chi connectivity index (χ4v) is 1.35. The Morgan fingerprint density at radius 2 is 2.22 bits per heavy atom. The summed E-state index contributed by atoms with van der Waals surface area (Å²) < 4.78 is 18.8. The van der Waals surface area contributed by atoms with Crippen LogP contribution >= 0.6 is 0 Å². The molecule has 18 heavy (non-hydrogen) atoms. The van der Waals surface area contributed by atoms with Crippen LogP contribution in [0.1, 0.15) is 25.8 Å². The van der Waals surface area contributed by atoms with Gasteiger partial charge < -0.3 is 15.8 Å². The first-order valence-electron chi connectivity index (χ1n) is 5.92. The van der Waals surface area contributed by atoms with Crippen LogP contribution in [0.5, 0.6) is 5.75 Å². The van der Waals surface area contributed by atoms with Gasteiger partial charge >= 0.3 is 0 Å². The van der Waals surface area contributed by atoms with Crippen LogP contribution in [0.4, 0.5) is 4.39 Å². The van der Waals surface area contributed by atoms with Crippen molar-refractivity contribution in [1.29, 1.82) is 0 Å². The number of hydrogen-bond acceptors (Lipinski definition) is 3. The average molecular weight is 254 g/mol. The molecule has 0 aliphatic heterocycles. The predicted molar refractivity (Wildman–Crippen MR) is 67.7 cm³/mol. The number of carbonyl (C=O) groups is 1. The zero-order valence-electron chi connectivity index (χ0n) is 10.7. The third kappa shape index (κ3) is 5.14. The quantitative estimate of drug-likeness (QED) is 0.776. The minimum Gasteiger partial charge on any atom is -0.490 e. The van der Waals surface area contributed by atoms with Crippen molar-refractivity contribution in [3.63, 3.8) is 0 Å². The number of carbonyl (C=O) groups excluding carboxylic acids is 1. The Kier molecular flexibility index (Phi) is 5.58. The molecule has 0 aliphatic carbocycles. The summed E-state index contributed by atoms with van der Waals surface area (Å²) in [6, 6.07) is 5.13. The first kappa shape index (κ1) is 14.4. The Morgan fingerprint density at radius 1 is 1.50 bits per heavy atom. The number of hydrogen-bond donors (Lipinski definition) is 2. The van der Waals surface area contributed by atoms with Gasteiger partial charge in [-0.25, -0.2) is 4.39 Å². The minimum absolute atomic E-state index is 0.0795. The van der Waals surface area contributed by atoms with Crippen LogP contribution in [0, 0.1) is 5.82 Å². The summed E-state index contributed by atoms with van der Waals surface area (Å²) in [5, 5.41) is 3.20. The van der Waals surface area contributed by atoms with Gasteiger partial charge in [-0.2, -0.15) is 0 Å². The maximum Gasteiger partial charge on any atom is 0.220 e. The lowest BCUT2D eigenvalue weighted by atomic mass is 10.2. The van der Waals surface area contributed by atoms with E-state index < -0.39 is 11.7 Å². The minimum atomic E-state index is -0.465. The molecule has 0 bridgehead atoms. The topological polar surface area (TPSA) is 64.3 Å². The van der Waals surface area contributed by atoms with Crippen molar-refractivity contribution in [2.75, 3.05) is 6.61 Å². The molecular formula is C13H19FN2O2. The molecule has 0 unspecified atom stereocenters. The van der Waals surface area contributed by atoms with Crippen LogP contribution in [0.15, 0.2) is 18.2 Å². The van der Waals surface area contributed by atoms with Gasteiger partial charge in [0.1, 0.15) is 0 Å². The molecule has 0 saturated heterocycles. The first-order valence-corrected chi connectivity index (χ1v) is 5.92. The van der Waals surface area contributed by atoms with E-state index in [9.17, 15) is 9.18 Å². The smallest absolute Gasteiger partial charge is 0.220 e. The van der Waals surface area contributed by atoms with Gasteiger partial charge in [0, 0.05) is 12.6 Å². The van der Waals surface area contributed by atoms with Crippen LogP contribution in [0.2, 0.25) is 0 Å². The third-order valence-electron chi connectivity index (χ3n) is 2.32. The van der Waals surface area contributed by atoms with Gasteiger partial charge in [0.25, 0.3) is 0 Å². The van der Waals surface area contributed by atoms with E-state index in [1.807, 2.05) is 13.8 Å². The molecule has 5 heteroatoms. The van der Waals surface area contributed by atoms with Gasteiger partial charge in [-0.15, -0.1) is 0 Å². The Balaban J connectivity index is 2.53. The number of nitrogens with two attached hydrogens (primary N) is 1. The van der Waals surface area contributed by atoms with E-state index in [0.717, 1.165) is 5.56 Å². The number of primary amides is 1. The van der Waals surface area contributed by atoms with Gasteiger partial charge in [-0.05, 0) is 17.7 Å². The second-order valence-electron chi connectivity index (χ2n) is 4.37. The lowest BCUT2D eigenvalue weighted by molar-refractivity contribution is -0.118. The zero-order chi connectivity index (χ0) is 13.5. The fraction of sp³-hybridized carbons (Fsp3) is 0.462. The number of ether oxygens (including phenoxy) is 1. The molecule has 1 amide bonds. The summed E-state index contributed by atoms with van der Waals surface area (Å²) in [5.41, 5.74) is 5.82. The highest BCUT2D eigenvalue weighted by atomic mass is 19.1. The predicted octanol–water partition coefficient (Wildman–Crippen LogP) is 1.58. The van der Waals surface area contributed by atoms with E-state index in [2.05, 4.69) is 5.32 Å². The Bertz CT molecular complexity index is 408. The van der Waals surface area contributed by atoms with E-state index in [1.165, 1.54) is 6.07 Å². The Hall–Kier alpha value is -1.62. The van der Waals surface area contributed by atoms with Gasteiger partial charge in [-0.1, -0.05) is 19.9 Å². The lowest BCUT2D eigenvalue weighted by Crippen LogP contribution is -2.21. The first-order chi connectivity index (χ1) is 8.49. The Morgan fingerprint density at radius 3 is 2.78 bits per heavy atom. The van der Waals surface area contributed by atoms with Crippen LogP contribution in [0.3, 0.4) is 0 Å². The van der Waals surface area contributed by atoms with Crippen molar-refractivity contribution in [3.05, 3.63) is 29.6 Å². The lowest BCUT2D eigenvalue weighted by Gasteiger charge is -2.10. The second-order valence-corrected chi connectivity index (χ2v) is 4.37. The molecule has 0 aliphatic rings. The highest BCUT2D eigenvalue weighted by Gasteiger charge is 2.06. The van der Waals surface area contributed by atoms with Gasteiger partial charge in [0.05, 0.1) is 13.0 Å². The SMILES string of the molecule is CC(C)NCc1ccc(OCCC(N)=O)c(F)c1. The van der Waals surface area contributed by atoms with Gasteiger partial charge in [0.15, 0.2) is 11.6 Å². The monoisotopic (exact) mass is 254 g/mol. The number of halogens is 1. The number of benzene rings is 1. The maximum atomic E-state index is 13.6. The summed E-state index contributed by atoms with van der Waals surface area (Å²) in [6.07, 6.45) is 0.0795. The number of rotatable bonds is 7. The zero-order valence-corrected chi connectivity index (χ0v) is 10.7. The highest BCUT2D eigenvalue weighted by Crippen LogP contribution is 2.18. The molecule has 0 spiro atoms. The van der Waals surface area contributed by atoms with Crippen molar-refractivity contribution in [2.24, 2.45) is 5.73 Å². The summed E-state index contributed by atoms with van der Waals surface area (Å²) in [4.78, 5) is 10.5. The van der Waals surface area contributed by atoms with Crippen LogP contribution in [-0.4, -0.2) is 18.6 Å². The normalized spacial score (nSPS) is 10.7. The van der Waals surface area contributed by atoms with E-state index in [4.69, 9.17) is 10.5 Å². The van der Waals surface area contributed by atoms with Crippen molar-refractivity contribution >= 4 is 5.91 Å². The van der Waals surface area contributed by atoms with Gasteiger partial charge in [0.2, 0.25) is 5.91 Å². The van der Waals surface area contributed by atoms with Crippen LogP contribution in [-0.2, 0) is 11.3 Å². The largest absolute Gasteiger partial charge is 0.490 e. The number of amides is 1. The molecule has 0 atom stereocenters. The van der Waals surface area contributed by atoms with Crippen LogP contribution in [0.25, 0.3) is 0 Å². The molecule has 0 fully saturated rings. The molecule has 0 aromatic heterocycles. The molecule has 1 aromatic carbocycles. The average Bonchev–Trinajstić information content (AvgIpc) is 2.28. The van der Waals surface area contributed by atoms with E-state index in [0.29, 0.717) is 12.6 Å². The van der Waals surface area contributed by atoms with Crippen molar-refractivity contribution < 1.29 is 13.9 Å². The van der Waals surface area contributed by atoms with Crippen molar-refractivity contribution in [3.8, 4) is 5.75 Å². The molecular weight excluding hydrogens is 235 g/mol. The third-order valence-corrected chi connectivity index (χ3v) is 2.32. The molecule has 1 rings (SSSR count). The molecule has 3 N–H and O–H groups in total. The van der Waals surface area contributed by atoms with Gasteiger partial charge in [-0.3, -0.25) is 4.79 Å². The van der Waals surface area contributed by atoms with E-state index in [1.54, 1.807) is 12.1 Å². The number of nitrogens with one attached hydrogen (secondary N) is 1. The van der Waals surface area contributed by atoms with Crippen LogP contribution < -0.4 is 15.8 Å². The standard InChI is InChI=1S/C13H19FN2O2/c1-9(2)16-8-10-3-4-12(11(14)7-10)18-6-5-13(15)17/h3-4,7,9,16H,5-6,8H2,1-2H3,(H2,15,17). The second kappa shape index (κ2) is 6.96. The summed E-state index contributed by atoms with van der Waals surface area (Å²) in [6.45, 7) is 4.75. The summed E-state index contributed by atoms with van der Waals surface area (Å²) in [5.74, 6) is -0.750. The van der Waals surface area contributed by atoms with E-state index >= 15 is 0 Å². The Labute approximate surface area is 106 Å². The highest BCUT2D eigenvalue weighted by molar-refractivity contribution is 5.73. The molecule has 100 valence electrons. The molecule has 1 aromatic rings. The summed E-state index contributed by atoms with van der Waals surface area (Å²) >= 11 is 0. The maximum absolute atomic E-state index is 13.6. The molecule has 4 nitrogen and oxygen atoms in total. The van der Waals surface area contributed by atoms with Crippen molar-refractivity contribution in [1.82, 2.24) is 5.32 Å². The van der Waals surface area contributed by atoms with Crippen molar-refractivity contribution in [2.45, 2.75) is 32.9 Å². The molecule has 0 radical (unpaired) electrons. The molecule has 0 heterocycles. The summed E-state index contributed by atoms with van der Waals surface area (Å²) in [7, 11) is 0. The van der Waals surface area contributed by atoms with E-state index in [-0.39, 0.29) is 18.8 Å². The molecule has 0 saturated carbocycles.